The second-order valence-corrected chi connectivity index (χ2v) is 16.3. The van der Waals surface area contributed by atoms with Crippen molar-refractivity contribution in [1.82, 2.24) is 30.2 Å². The Kier molecular flexibility index (Phi) is 9.81. The van der Waals surface area contributed by atoms with E-state index in [9.17, 15) is 26.7 Å². The minimum Gasteiger partial charge on any atom is -0.508 e. The molecule has 13 nitrogen and oxygen atoms in total. The van der Waals surface area contributed by atoms with Crippen LogP contribution >= 0.6 is 0 Å². The Morgan fingerprint density at radius 1 is 0.692 bits per heavy atom. The van der Waals surface area contributed by atoms with Crippen LogP contribution in [0.25, 0.3) is 21.5 Å². The van der Waals surface area contributed by atoms with E-state index in [4.69, 9.17) is 0 Å². The maximum Gasteiger partial charge on any atom is 0.240 e. The number of nitrogens with zero attached hydrogens (tertiary/aromatic N) is 6. The third-order valence-electron chi connectivity index (χ3n) is 9.07. The minimum absolute atomic E-state index is 0.0621. The van der Waals surface area contributed by atoms with E-state index in [1.54, 1.807) is 84.0 Å². The zero-order valence-electron chi connectivity index (χ0n) is 27.9. The third kappa shape index (κ3) is 7.42. The molecule has 1 atom stereocenters. The molecule has 3 aromatic carbocycles. The van der Waals surface area contributed by atoms with Crippen LogP contribution in [0.4, 0.5) is 5.95 Å². The number of phenols is 1. The van der Waals surface area contributed by atoms with E-state index in [2.05, 4.69) is 25.3 Å². The van der Waals surface area contributed by atoms with Crippen LogP contribution in [-0.4, -0.2) is 90.8 Å². The standard InChI is InChI=1S/C37H35N7O6S2/c45-30-11-10-28(29(22-30)24-51(47,48)34-31-8-3-1-6-26(31)12-16-38-34)23-33(36(46)43-18-20-44(21-19-43)37-40-14-5-15-41-37)42-25-52(49,50)35-32-9-4-2-7-27(32)13-17-39-35/h1-17,22,33,42,45H,18-21,23-25H2. The number of nitrogens with one attached hydrogen (secondary N) is 1. The fraction of sp³-hybridized carbons (Fsp3) is 0.216. The molecule has 1 unspecified atom stereocenters. The molecule has 0 radical (unpaired) electrons. The first-order valence-corrected chi connectivity index (χ1v) is 19.9. The van der Waals surface area contributed by atoms with E-state index >= 15 is 0 Å². The maximum atomic E-state index is 14.3. The number of rotatable bonds is 11. The van der Waals surface area contributed by atoms with Crippen molar-refractivity contribution in [1.29, 1.82) is 0 Å². The van der Waals surface area contributed by atoms with Gasteiger partial charge in [-0.2, -0.15) is 0 Å². The molecular weight excluding hydrogens is 703 g/mol. The summed E-state index contributed by atoms with van der Waals surface area (Å²) in [6, 6.07) is 22.5. The molecule has 0 bridgehead atoms. The van der Waals surface area contributed by atoms with Crippen LogP contribution < -0.4 is 10.2 Å². The molecule has 4 heterocycles. The number of piperazine rings is 1. The van der Waals surface area contributed by atoms with Gasteiger partial charge in [-0.25, -0.2) is 36.8 Å². The largest absolute Gasteiger partial charge is 0.508 e. The van der Waals surface area contributed by atoms with Gasteiger partial charge in [0, 0.05) is 61.7 Å². The number of aromatic hydroxyl groups is 1. The van der Waals surface area contributed by atoms with Crippen molar-refractivity contribution in [2.24, 2.45) is 0 Å². The number of carbonyl (C=O) groups is 1. The van der Waals surface area contributed by atoms with E-state index in [-0.39, 0.29) is 33.7 Å². The fourth-order valence-corrected chi connectivity index (χ4v) is 9.30. The second kappa shape index (κ2) is 14.6. The first-order valence-electron chi connectivity index (χ1n) is 16.6. The zero-order valence-corrected chi connectivity index (χ0v) is 29.5. The molecule has 6 aromatic rings. The Morgan fingerprint density at radius 2 is 1.29 bits per heavy atom. The van der Waals surface area contributed by atoms with Gasteiger partial charge in [0.2, 0.25) is 21.7 Å². The summed E-state index contributed by atoms with van der Waals surface area (Å²) in [7, 11) is -8.09. The summed E-state index contributed by atoms with van der Waals surface area (Å²) < 4.78 is 55.3. The van der Waals surface area contributed by atoms with Crippen molar-refractivity contribution >= 4 is 53.1 Å². The van der Waals surface area contributed by atoms with Gasteiger partial charge < -0.3 is 14.9 Å². The van der Waals surface area contributed by atoms with Crippen LogP contribution in [0.5, 0.6) is 5.75 Å². The Bertz CT molecular complexity index is 2470. The third-order valence-corrected chi connectivity index (χ3v) is 12.1. The molecule has 1 fully saturated rings. The molecule has 1 saturated heterocycles. The molecule has 7 rings (SSSR count). The van der Waals surface area contributed by atoms with Crippen LogP contribution in [-0.2, 0) is 36.6 Å². The summed E-state index contributed by atoms with van der Waals surface area (Å²) in [4.78, 5) is 34.9. The van der Waals surface area contributed by atoms with Gasteiger partial charge in [-0.15, -0.1) is 0 Å². The zero-order chi connectivity index (χ0) is 36.3. The van der Waals surface area contributed by atoms with Gasteiger partial charge in [0.1, 0.15) is 11.6 Å². The highest BCUT2D eigenvalue weighted by Gasteiger charge is 2.32. The first kappa shape index (κ1) is 34.9. The van der Waals surface area contributed by atoms with E-state index in [0.29, 0.717) is 59.2 Å². The number of phenolic OH excluding ortho intramolecular Hbond substituents is 1. The predicted octanol–water partition coefficient (Wildman–Crippen LogP) is 3.53. The monoisotopic (exact) mass is 737 g/mol. The summed E-state index contributed by atoms with van der Waals surface area (Å²) in [6.07, 6.45) is 6.11. The molecule has 3 aromatic heterocycles. The fourth-order valence-electron chi connectivity index (χ4n) is 6.45. The summed E-state index contributed by atoms with van der Waals surface area (Å²) in [5, 5.41) is 15.6. The van der Waals surface area contributed by atoms with Crippen molar-refractivity contribution in [3.05, 3.63) is 121 Å². The van der Waals surface area contributed by atoms with E-state index < -0.39 is 37.3 Å². The van der Waals surface area contributed by atoms with Gasteiger partial charge in [-0.05, 0) is 58.7 Å². The van der Waals surface area contributed by atoms with E-state index in [0.717, 1.165) is 0 Å². The number of anilines is 1. The SMILES string of the molecule is O=C(C(Cc1ccc(O)cc1CS(=O)(=O)c1nccc2ccccc12)NCS(=O)(=O)c1nccc2ccccc12)N1CCN(c2ncccn2)CC1. The van der Waals surface area contributed by atoms with Gasteiger partial charge >= 0.3 is 0 Å². The van der Waals surface area contributed by atoms with Crippen molar-refractivity contribution < 1.29 is 26.7 Å². The summed E-state index contributed by atoms with van der Waals surface area (Å²) in [5.74, 6) is -1.07. The number of fused-ring (bicyclic) bond motifs is 2. The molecular formula is C37H35N7O6S2. The number of amides is 1. The average Bonchev–Trinajstić information content (AvgIpc) is 3.16. The molecule has 266 valence electrons. The predicted molar refractivity (Wildman–Crippen MR) is 196 cm³/mol. The van der Waals surface area contributed by atoms with Crippen molar-refractivity contribution in [3.63, 3.8) is 0 Å². The average molecular weight is 738 g/mol. The lowest BCUT2D eigenvalue weighted by atomic mass is 9.99. The highest BCUT2D eigenvalue weighted by molar-refractivity contribution is 7.91. The lowest BCUT2D eigenvalue weighted by molar-refractivity contribution is -0.133. The van der Waals surface area contributed by atoms with Crippen molar-refractivity contribution in [2.75, 3.05) is 37.0 Å². The lowest BCUT2D eigenvalue weighted by Crippen LogP contribution is -2.55. The van der Waals surface area contributed by atoms with Crippen molar-refractivity contribution in [2.45, 2.75) is 28.3 Å². The molecule has 2 N–H and O–H groups in total. The number of benzene rings is 3. The number of sulfone groups is 2. The van der Waals surface area contributed by atoms with Crippen LogP contribution in [0, 0.1) is 0 Å². The van der Waals surface area contributed by atoms with Gasteiger partial charge in [0.05, 0.1) is 11.8 Å². The van der Waals surface area contributed by atoms with Gasteiger partial charge in [-0.1, -0.05) is 54.6 Å². The Labute approximate surface area is 300 Å². The number of hydrogen-bond donors (Lipinski definition) is 2. The normalized spacial score (nSPS) is 14.5. The first-order chi connectivity index (χ1) is 25.1. The quantitative estimate of drug-likeness (QED) is 0.198. The molecule has 15 heteroatoms. The summed E-state index contributed by atoms with van der Waals surface area (Å²) in [6.45, 7) is 1.58. The lowest BCUT2D eigenvalue weighted by Gasteiger charge is -2.36. The highest BCUT2D eigenvalue weighted by atomic mass is 32.2. The Balaban J connectivity index is 1.18. The Hall–Kier alpha value is -5.51. The Morgan fingerprint density at radius 3 is 1.92 bits per heavy atom. The van der Waals surface area contributed by atoms with Gasteiger partial charge in [0.15, 0.2) is 19.9 Å². The molecule has 1 aliphatic rings. The number of aromatic nitrogens is 4. The topological polar surface area (TPSA) is 176 Å². The van der Waals surface area contributed by atoms with Crippen LogP contribution in [0.15, 0.2) is 120 Å². The van der Waals surface area contributed by atoms with Gasteiger partial charge in [-0.3, -0.25) is 10.1 Å². The molecule has 52 heavy (non-hydrogen) atoms. The smallest absolute Gasteiger partial charge is 0.240 e. The van der Waals surface area contributed by atoms with Gasteiger partial charge in [0.25, 0.3) is 0 Å². The second-order valence-electron chi connectivity index (χ2n) is 12.5. The number of hydrogen-bond acceptors (Lipinski definition) is 12. The molecule has 1 amide bonds. The van der Waals surface area contributed by atoms with Crippen LogP contribution in [0.3, 0.4) is 0 Å². The highest BCUT2D eigenvalue weighted by Crippen LogP contribution is 2.28. The summed E-state index contributed by atoms with van der Waals surface area (Å²) in [5.41, 5.74) is 0.712. The summed E-state index contributed by atoms with van der Waals surface area (Å²) >= 11 is 0. The van der Waals surface area contributed by atoms with E-state index in [1.807, 2.05) is 11.0 Å². The number of carbonyl (C=O) groups excluding carboxylic acids is 1. The van der Waals surface area contributed by atoms with E-state index in [1.165, 1.54) is 24.5 Å². The maximum absolute atomic E-state index is 14.3. The molecule has 0 saturated carbocycles. The van der Waals surface area contributed by atoms with Crippen molar-refractivity contribution in [3.8, 4) is 5.75 Å². The molecule has 1 aliphatic heterocycles. The van der Waals surface area contributed by atoms with Crippen LogP contribution in [0.1, 0.15) is 11.1 Å². The number of pyridine rings is 2. The molecule has 0 aliphatic carbocycles. The minimum atomic E-state index is -4.05. The van der Waals surface area contributed by atoms with Crippen LogP contribution in [0.2, 0.25) is 0 Å². The molecule has 0 spiro atoms.